The van der Waals surface area contributed by atoms with E-state index < -0.39 is 0 Å². The number of nitrogens with one attached hydrogen (secondary N) is 1. The van der Waals surface area contributed by atoms with E-state index in [0.717, 1.165) is 17.8 Å². The van der Waals surface area contributed by atoms with E-state index in [4.69, 9.17) is 0 Å². The number of hydrogen-bond acceptors (Lipinski definition) is 2. The van der Waals surface area contributed by atoms with Gasteiger partial charge in [-0.05, 0) is 19.5 Å². The Kier molecular flexibility index (Phi) is 3.77. The van der Waals surface area contributed by atoms with Gasteiger partial charge in [0, 0.05) is 12.6 Å². The Morgan fingerprint density at radius 3 is 2.83 bits per heavy atom. The summed E-state index contributed by atoms with van der Waals surface area (Å²) in [6.07, 6.45) is 3.50. The molecule has 0 aliphatic carbocycles. The number of aryl methyl sites for hydroxylation is 2. The lowest BCUT2D eigenvalue weighted by Gasteiger charge is -2.20. The summed E-state index contributed by atoms with van der Waals surface area (Å²) in [6.45, 7) is 4.75. The third-order valence-corrected chi connectivity index (χ3v) is 3.02. The van der Waals surface area contributed by atoms with Crippen LogP contribution in [0.25, 0.3) is 0 Å². The molecule has 1 aromatic heterocycles. The largest absolute Gasteiger partial charge is 0.336 e. The minimum absolute atomic E-state index is 0.164. The summed E-state index contributed by atoms with van der Waals surface area (Å²) in [5.74, 6) is -0.187. The molecule has 1 N–H and O–H groups in total. The van der Waals surface area contributed by atoms with Crippen molar-refractivity contribution in [2.45, 2.75) is 19.9 Å². The molecule has 1 unspecified atom stereocenters. The SMILES string of the molecule is CCNC(c1cc(C)ccc1F)c1cncn1C. The minimum Gasteiger partial charge on any atom is -0.336 e. The van der Waals surface area contributed by atoms with Gasteiger partial charge in [0.05, 0.1) is 24.3 Å². The molecule has 1 atom stereocenters. The van der Waals surface area contributed by atoms with Crippen LogP contribution >= 0.6 is 0 Å². The zero-order valence-corrected chi connectivity index (χ0v) is 10.9. The zero-order chi connectivity index (χ0) is 13.1. The van der Waals surface area contributed by atoms with E-state index in [-0.39, 0.29) is 11.9 Å². The summed E-state index contributed by atoms with van der Waals surface area (Å²) in [4.78, 5) is 4.10. The normalized spacial score (nSPS) is 12.7. The van der Waals surface area contributed by atoms with E-state index in [2.05, 4.69) is 10.3 Å². The predicted molar refractivity (Wildman–Crippen MR) is 69.9 cm³/mol. The van der Waals surface area contributed by atoms with Gasteiger partial charge in [-0.2, -0.15) is 0 Å². The third-order valence-electron chi connectivity index (χ3n) is 3.02. The summed E-state index contributed by atoms with van der Waals surface area (Å²) >= 11 is 0. The molecule has 0 aliphatic heterocycles. The van der Waals surface area contributed by atoms with Crippen molar-refractivity contribution in [2.75, 3.05) is 6.54 Å². The van der Waals surface area contributed by atoms with Gasteiger partial charge in [0.2, 0.25) is 0 Å². The van der Waals surface area contributed by atoms with Crippen molar-refractivity contribution in [3.63, 3.8) is 0 Å². The van der Waals surface area contributed by atoms with E-state index in [0.29, 0.717) is 5.56 Å². The second-order valence-corrected chi connectivity index (χ2v) is 4.45. The lowest BCUT2D eigenvalue weighted by atomic mass is 10.0. The summed E-state index contributed by atoms with van der Waals surface area (Å²) in [7, 11) is 1.92. The fourth-order valence-corrected chi connectivity index (χ4v) is 2.11. The molecule has 0 radical (unpaired) electrons. The highest BCUT2D eigenvalue weighted by atomic mass is 19.1. The first-order chi connectivity index (χ1) is 8.63. The molecule has 4 heteroatoms. The Morgan fingerprint density at radius 1 is 1.44 bits per heavy atom. The minimum atomic E-state index is -0.187. The summed E-state index contributed by atoms with van der Waals surface area (Å²) < 4.78 is 15.9. The van der Waals surface area contributed by atoms with Crippen molar-refractivity contribution in [3.05, 3.63) is 53.4 Å². The van der Waals surface area contributed by atoms with Gasteiger partial charge in [0.15, 0.2) is 0 Å². The van der Waals surface area contributed by atoms with Crippen LogP contribution in [0, 0.1) is 12.7 Å². The molecular weight excluding hydrogens is 229 g/mol. The van der Waals surface area contributed by atoms with Crippen LogP contribution in [-0.2, 0) is 7.05 Å². The highest BCUT2D eigenvalue weighted by Gasteiger charge is 2.19. The molecule has 1 aromatic carbocycles. The molecule has 1 heterocycles. The van der Waals surface area contributed by atoms with Gasteiger partial charge in [-0.15, -0.1) is 0 Å². The lowest BCUT2D eigenvalue weighted by molar-refractivity contribution is 0.541. The maximum absolute atomic E-state index is 14.0. The van der Waals surface area contributed by atoms with Crippen molar-refractivity contribution in [3.8, 4) is 0 Å². The Balaban J connectivity index is 2.48. The Labute approximate surface area is 107 Å². The van der Waals surface area contributed by atoms with Crippen LogP contribution in [0.1, 0.15) is 29.8 Å². The van der Waals surface area contributed by atoms with Crippen LogP contribution in [-0.4, -0.2) is 16.1 Å². The van der Waals surface area contributed by atoms with Crippen LogP contribution in [0.5, 0.6) is 0 Å². The maximum atomic E-state index is 14.0. The zero-order valence-electron chi connectivity index (χ0n) is 10.9. The van der Waals surface area contributed by atoms with Gasteiger partial charge >= 0.3 is 0 Å². The smallest absolute Gasteiger partial charge is 0.128 e. The fourth-order valence-electron chi connectivity index (χ4n) is 2.11. The number of hydrogen-bond donors (Lipinski definition) is 1. The van der Waals surface area contributed by atoms with Gasteiger partial charge in [-0.25, -0.2) is 9.37 Å². The molecule has 0 spiro atoms. The average molecular weight is 247 g/mol. The first-order valence-electron chi connectivity index (χ1n) is 6.09. The Bertz CT molecular complexity index is 534. The predicted octanol–water partition coefficient (Wildman–Crippen LogP) is 2.57. The lowest BCUT2D eigenvalue weighted by Crippen LogP contribution is -2.25. The molecule has 96 valence electrons. The number of rotatable bonds is 4. The molecule has 0 bridgehead atoms. The van der Waals surface area contributed by atoms with Crippen LogP contribution in [0.2, 0.25) is 0 Å². The highest BCUT2D eigenvalue weighted by Crippen LogP contribution is 2.24. The van der Waals surface area contributed by atoms with E-state index in [1.807, 2.05) is 31.5 Å². The second kappa shape index (κ2) is 5.31. The van der Waals surface area contributed by atoms with Crippen LogP contribution < -0.4 is 5.32 Å². The van der Waals surface area contributed by atoms with Crippen LogP contribution in [0.3, 0.4) is 0 Å². The quantitative estimate of drug-likeness (QED) is 0.900. The van der Waals surface area contributed by atoms with Crippen molar-refractivity contribution in [2.24, 2.45) is 7.05 Å². The van der Waals surface area contributed by atoms with Gasteiger partial charge in [-0.3, -0.25) is 0 Å². The number of benzene rings is 1. The molecule has 0 fully saturated rings. The molecule has 0 saturated heterocycles. The summed E-state index contributed by atoms with van der Waals surface area (Å²) in [5.41, 5.74) is 2.68. The maximum Gasteiger partial charge on any atom is 0.128 e. The van der Waals surface area contributed by atoms with Crippen molar-refractivity contribution >= 4 is 0 Å². The molecule has 0 saturated carbocycles. The fraction of sp³-hybridized carbons (Fsp3) is 0.357. The van der Waals surface area contributed by atoms with Crippen LogP contribution in [0.4, 0.5) is 4.39 Å². The van der Waals surface area contributed by atoms with Gasteiger partial charge in [0.1, 0.15) is 5.82 Å². The van der Waals surface area contributed by atoms with E-state index >= 15 is 0 Å². The topological polar surface area (TPSA) is 29.9 Å². The Morgan fingerprint density at radius 2 is 2.22 bits per heavy atom. The van der Waals surface area contributed by atoms with E-state index in [1.54, 1.807) is 18.6 Å². The number of aromatic nitrogens is 2. The molecule has 0 aliphatic rings. The first kappa shape index (κ1) is 12.8. The van der Waals surface area contributed by atoms with Crippen molar-refractivity contribution in [1.29, 1.82) is 0 Å². The standard InChI is InChI=1S/C14H18FN3/c1-4-17-14(13-8-16-9-18(13)3)11-7-10(2)5-6-12(11)15/h5-9,14,17H,4H2,1-3H3. The van der Waals surface area contributed by atoms with E-state index in [9.17, 15) is 4.39 Å². The second-order valence-electron chi connectivity index (χ2n) is 4.45. The van der Waals surface area contributed by atoms with Gasteiger partial charge in [0.25, 0.3) is 0 Å². The van der Waals surface area contributed by atoms with Crippen LogP contribution in [0.15, 0.2) is 30.7 Å². The third kappa shape index (κ3) is 2.43. The summed E-state index contributed by atoms with van der Waals surface area (Å²) in [5, 5.41) is 3.31. The molecule has 0 amide bonds. The highest BCUT2D eigenvalue weighted by molar-refractivity contribution is 5.32. The molecule has 2 rings (SSSR count). The van der Waals surface area contributed by atoms with Gasteiger partial charge in [-0.1, -0.05) is 24.6 Å². The van der Waals surface area contributed by atoms with Crippen molar-refractivity contribution < 1.29 is 4.39 Å². The summed E-state index contributed by atoms with van der Waals surface area (Å²) in [6, 6.07) is 5.02. The molecule has 18 heavy (non-hydrogen) atoms. The average Bonchev–Trinajstić information content (AvgIpc) is 2.76. The number of nitrogens with zero attached hydrogens (tertiary/aromatic N) is 2. The molecular formula is C14H18FN3. The first-order valence-corrected chi connectivity index (χ1v) is 6.09. The van der Waals surface area contributed by atoms with E-state index in [1.165, 1.54) is 6.07 Å². The number of halogens is 1. The monoisotopic (exact) mass is 247 g/mol. The van der Waals surface area contributed by atoms with Gasteiger partial charge < -0.3 is 9.88 Å². The number of imidazole rings is 1. The molecule has 3 nitrogen and oxygen atoms in total. The Hall–Kier alpha value is -1.68. The molecule has 2 aromatic rings. The van der Waals surface area contributed by atoms with Crippen molar-refractivity contribution in [1.82, 2.24) is 14.9 Å².